The fourth-order valence-corrected chi connectivity index (χ4v) is 4.38. The molecule has 114 valence electrons. The Morgan fingerprint density at radius 1 is 1.40 bits per heavy atom. The highest BCUT2D eigenvalue weighted by Crippen LogP contribution is 2.27. The second-order valence-corrected chi connectivity index (χ2v) is 7.63. The van der Waals surface area contributed by atoms with Crippen molar-refractivity contribution >= 4 is 38.4 Å². The maximum Gasteiger partial charge on any atom is 0.240 e. The van der Waals surface area contributed by atoms with Gasteiger partial charge in [-0.3, -0.25) is 0 Å². The van der Waals surface area contributed by atoms with E-state index >= 15 is 0 Å². The van der Waals surface area contributed by atoms with Crippen LogP contribution in [0.1, 0.15) is 24.8 Å². The highest BCUT2D eigenvalue weighted by molar-refractivity contribution is 9.10. The highest BCUT2D eigenvalue weighted by atomic mass is 79.9. The van der Waals surface area contributed by atoms with Gasteiger partial charge in [-0.1, -0.05) is 28.4 Å². The first kappa shape index (κ1) is 17.9. The zero-order valence-electron chi connectivity index (χ0n) is 11.3. The quantitative estimate of drug-likeness (QED) is 0.839. The van der Waals surface area contributed by atoms with Crippen LogP contribution < -0.4 is 10.5 Å². The summed E-state index contributed by atoms with van der Waals surface area (Å²) in [6.45, 7) is 2.46. The fourth-order valence-electron chi connectivity index (χ4n) is 2.48. The zero-order valence-corrected chi connectivity index (χ0v) is 14.5. The number of rotatable bonds is 4. The Morgan fingerprint density at radius 2 is 2.10 bits per heavy atom. The molecule has 0 saturated heterocycles. The molecule has 0 bridgehead atoms. The van der Waals surface area contributed by atoms with Crippen molar-refractivity contribution in [3.05, 3.63) is 28.2 Å². The molecule has 2 unspecified atom stereocenters. The summed E-state index contributed by atoms with van der Waals surface area (Å²) >= 11 is 3.36. The third-order valence-electron chi connectivity index (χ3n) is 3.72. The maximum absolute atomic E-state index is 12.3. The Hall–Kier alpha value is -0.140. The summed E-state index contributed by atoms with van der Waals surface area (Å²) in [4.78, 5) is 0.299. The number of benzene rings is 1. The topological polar surface area (TPSA) is 72.2 Å². The molecule has 0 spiro atoms. The highest BCUT2D eigenvalue weighted by Gasteiger charge is 2.30. The van der Waals surface area contributed by atoms with Gasteiger partial charge in [-0.2, -0.15) is 0 Å². The molecule has 4 nitrogen and oxygen atoms in total. The predicted octanol–water partition coefficient (Wildman–Crippen LogP) is 2.59. The van der Waals surface area contributed by atoms with Gasteiger partial charge in [-0.15, -0.1) is 12.4 Å². The summed E-state index contributed by atoms with van der Waals surface area (Å²) in [5.74, 6) is 0.253. The van der Waals surface area contributed by atoms with Crippen LogP contribution in [-0.4, -0.2) is 21.0 Å². The molecule has 1 aliphatic rings. The summed E-state index contributed by atoms with van der Waals surface area (Å²) in [5, 5.41) is 0. The van der Waals surface area contributed by atoms with Gasteiger partial charge in [0.2, 0.25) is 10.0 Å². The molecule has 7 heteroatoms. The molecule has 2 rings (SSSR count). The van der Waals surface area contributed by atoms with Crippen molar-refractivity contribution in [2.24, 2.45) is 11.7 Å². The lowest BCUT2D eigenvalue weighted by molar-refractivity contribution is 0.453. The smallest absolute Gasteiger partial charge is 0.240 e. The molecule has 3 N–H and O–H groups in total. The molecule has 2 atom stereocenters. The second kappa shape index (κ2) is 7.22. The van der Waals surface area contributed by atoms with Gasteiger partial charge in [0, 0.05) is 10.5 Å². The van der Waals surface area contributed by atoms with E-state index in [9.17, 15) is 8.42 Å². The van der Waals surface area contributed by atoms with E-state index in [4.69, 9.17) is 5.73 Å². The van der Waals surface area contributed by atoms with Crippen molar-refractivity contribution in [1.82, 2.24) is 4.72 Å². The molecule has 1 aromatic rings. The third kappa shape index (κ3) is 3.95. The minimum absolute atomic E-state index is 0. The van der Waals surface area contributed by atoms with Crippen molar-refractivity contribution in [2.45, 2.75) is 37.1 Å². The van der Waals surface area contributed by atoms with Crippen LogP contribution in [0, 0.1) is 12.8 Å². The molecular weight excluding hydrogens is 364 g/mol. The van der Waals surface area contributed by atoms with Crippen LogP contribution >= 0.6 is 28.3 Å². The monoisotopic (exact) mass is 382 g/mol. The van der Waals surface area contributed by atoms with E-state index in [0.29, 0.717) is 11.4 Å². The summed E-state index contributed by atoms with van der Waals surface area (Å²) in [6, 6.07) is 5.04. The number of hydrogen-bond donors (Lipinski definition) is 2. The van der Waals surface area contributed by atoms with Crippen molar-refractivity contribution in [2.75, 3.05) is 6.54 Å². The number of halogens is 2. The van der Waals surface area contributed by atoms with Gasteiger partial charge in [0.05, 0.1) is 4.90 Å². The van der Waals surface area contributed by atoms with Crippen molar-refractivity contribution in [3.63, 3.8) is 0 Å². The maximum atomic E-state index is 12.3. The molecule has 1 fully saturated rings. The average Bonchev–Trinajstić information content (AvgIpc) is 2.79. The molecule has 1 saturated carbocycles. The normalized spacial score (nSPS) is 22.6. The Morgan fingerprint density at radius 3 is 2.70 bits per heavy atom. The number of nitrogens with two attached hydrogens (primary N) is 1. The Kier molecular flexibility index (Phi) is 6.47. The van der Waals surface area contributed by atoms with Crippen molar-refractivity contribution < 1.29 is 8.42 Å². The number of hydrogen-bond acceptors (Lipinski definition) is 3. The van der Waals surface area contributed by atoms with E-state index in [-0.39, 0.29) is 24.4 Å². The first-order chi connectivity index (χ1) is 8.94. The minimum Gasteiger partial charge on any atom is -0.330 e. The van der Waals surface area contributed by atoms with Gasteiger partial charge in [0.25, 0.3) is 0 Å². The zero-order chi connectivity index (χ0) is 14.0. The molecule has 0 heterocycles. The molecule has 20 heavy (non-hydrogen) atoms. The number of nitrogens with one attached hydrogen (secondary N) is 1. The minimum atomic E-state index is -3.46. The van der Waals surface area contributed by atoms with Gasteiger partial charge in [0.15, 0.2) is 0 Å². The van der Waals surface area contributed by atoms with Crippen molar-refractivity contribution in [1.29, 1.82) is 0 Å². The largest absolute Gasteiger partial charge is 0.330 e. The van der Waals surface area contributed by atoms with Gasteiger partial charge in [-0.25, -0.2) is 13.1 Å². The molecule has 0 aliphatic heterocycles. The number of aryl methyl sites for hydroxylation is 1. The predicted molar refractivity (Wildman–Crippen MR) is 86.6 cm³/mol. The van der Waals surface area contributed by atoms with Crippen LogP contribution in [0.5, 0.6) is 0 Å². The SMILES string of the molecule is Cc1ccc(S(=O)(=O)NC2CCCC2CN)cc1Br.Cl. The van der Waals surface area contributed by atoms with Crippen LogP contribution in [0.4, 0.5) is 0 Å². The second-order valence-electron chi connectivity index (χ2n) is 5.07. The van der Waals surface area contributed by atoms with E-state index in [0.717, 1.165) is 29.3 Å². The third-order valence-corrected chi connectivity index (χ3v) is 6.06. The van der Waals surface area contributed by atoms with Crippen LogP contribution in [0.2, 0.25) is 0 Å². The van der Waals surface area contributed by atoms with E-state index in [1.807, 2.05) is 6.92 Å². The molecule has 0 radical (unpaired) electrons. The number of sulfonamides is 1. The Balaban J connectivity index is 0.00000200. The molecular formula is C13H20BrClN2O2S. The van der Waals surface area contributed by atoms with Gasteiger partial charge < -0.3 is 5.73 Å². The van der Waals surface area contributed by atoms with Gasteiger partial charge >= 0.3 is 0 Å². The van der Waals surface area contributed by atoms with Crippen LogP contribution in [0.25, 0.3) is 0 Å². The molecule has 1 aliphatic carbocycles. The molecule has 1 aromatic carbocycles. The van der Waals surface area contributed by atoms with Crippen LogP contribution in [-0.2, 0) is 10.0 Å². The van der Waals surface area contributed by atoms with Gasteiger partial charge in [-0.05, 0) is 49.9 Å². The first-order valence-corrected chi connectivity index (χ1v) is 8.70. The summed E-state index contributed by atoms with van der Waals surface area (Å²) in [7, 11) is -3.46. The lowest BCUT2D eigenvalue weighted by atomic mass is 10.1. The lowest BCUT2D eigenvalue weighted by Gasteiger charge is -2.19. The Labute approximate surface area is 135 Å². The summed E-state index contributed by atoms with van der Waals surface area (Å²) in [5.41, 5.74) is 6.70. The Bertz CT molecular complexity index is 565. The average molecular weight is 384 g/mol. The van der Waals surface area contributed by atoms with Crippen LogP contribution in [0.15, 0.2) is 27.6 Å². The fraction of sp³-hybridized carbons (Fsp3) is 0.538. The van der Waals surface area contributed by atoms with E-state index in [2.05, 4.69) is 20.7 Å². The van der Waals surface area contributed by atoms with E-state index in [1.54, 1.807) is 18.2 Å². The standard InChI is InChI=1S/C13H19BrN2O2S.ClH/c1-9-5-6-11(7-12(9)14)19(17,18)16-13-4-2-3-10(13)8-15;/h5-7,10,13,16H,2-4,8,15H2,1H3;1H. The molecule has 0 aromatic heterocycles. The van der Waals surface area contributed by atoms with E-state index < -0.39 is 10.0 Å². The first-order valence-electron chi connectivity index (χ1n) is 6.42. The summed E-state index contributed by atoms with van der Waals surface area (Å²) < 4.78 is 28.3. The summed E-state index contributed by atoms with van der Waals surface area (Å²) in [6.07, 6.45) is 2.90. The van der Waals surface area contributed by atoms with Gasteiger partial charge in [0.1, 0.15) is 0 Å². The van der Waals surface area contributed by atoms with Crippen molar-refractivity contribution in [3.8, 4) is 0 Å². The lowest BCUT2D eigenvalue weighted by Crippen LogP contribution is -2.39. The van der Waals surface area contributed by atoms with Crippen LogP contribution in [0.3, 0.4) is 0 Å². The molecule has 0 amide bonds. The van der Waals surface area contributed by atoms with E-state index in [1.165, 1.54) is 0 Å².